The monoisotopic (exact) mass is 498 g/mol. The number of rotatable bonds is 0. The second-order valence-corrected chi connectivity index (χ2v) is 9.04. The van der Waals surface area contributed by atoms with Gasteiger partial charge in [-0.15, -0.1) is 0 Å². The fraction of sp³-hybridized carbons (Fsp3) is 0.273. The molecular weight excluding hydrogens is 456 g/mol. The van der Waals surface area contributed by atoms with Crippen molar-refractivity contribution in [1.82, 2.24) is 10.6 Å². The summed E-state index contributed by atoms with van der Waals surface area (Å²) in [5.74, 6) is 0.309. The van der Waals surface area contributed by atoms with Crippen LogP contribution in [0.3, 0.4) is 0 Å². The molecule has 0 radical (unpaired) electrons. The second kappa shape index (κ2) is 19.3. The van der Waals surface area contributed by atoms with Crippen molar-refractivity contribution >= 4 is 11.8 Å². The highest BCUT2D eigenvalue weighted by Crippen LogP contribution is 2.04. The largest absolute Gasteiger partial charge is 0.352 e. The minimum atomic E-state index is -0.0657. The summed E-state index contributed by atoms with van der Waals surface area (Å²) in [6.07, 6.45) is 36.9. The Balaban J connectivity index is 2.92. The van der Waals surface area contributed by atoms with Gasteiger partial charge in [0.1, 0.15) is 0 Å². The zero-order valence-electron chi connectivity index (χ0n) is 22.9. The van der Waals surface area contributed by atoms with Gasteiger partial charge in [0.05, 0.1) is 0 Å². The molecule has 0 aromatic carbocycles. The van der Waals surface area contributed by atoms with E-state index in [9.17, 15) is 9.59 Å². The van der Waals surface area contributed by atoms with Crippen LogP contribution in [0.25, 0.3) is 0 Å². The van der Waals surface area contributed by atoms with Crippen molar-refractivity contribution in [2.24, 2.45) is 11.8 Å². The van der Waals surface area contributed by atoms with Gasteiger partial charge in [-0.3, -0.25) is 9.59 Å². The topological polar surface area (TPSA) is 58.2 Å². The highest BCUT2D eigenvalue weighted by molar-refractivity contribution is 5.93. The zero-order valence-corrected chi connectivity index (χ0v) is 22.9. The molecule has 0 saturated heterocycles. The molecule has 0 saturated carbocycles. The van der Waals surface area contributed by atoms with Crippen molar-refractivity contribution in [3.05, 3.63) is 132 Å². The average molecular weight is 499 g/mol. The van der Waals surface area contributed by atoms with E-state index in [-0.39, 0.29) is 23.7 Å². The molecule has 2 amide bonds. The van der Waals surface area contributed by atoms with Gasteiger partial charge in [0.2, 0.25) is 11.8 Å². The van der Waals surface area contributed by atoms with E-state index in [4.69, 9.17) is 0 Å². The maximum absolute atomic E-state index is 12.4. The average Bonchev–Trinajstić information content (AvgIpc) is 2.87. The fourth-order valence-corrected chi connectivity index (χ4v) is 3.01. The minimum Gasteiger partial charge on any atom is -0.352 e. The molecule has 1 aliphatic heterocycles. The number of hydrogen-bond donors (Lipinski definition) is 2. The van der Waals surface area contributed by atoms with E-state index < -0.39 is 0 Å². The Morgan fingerprint density at radius 3 is 1.41 bits per heavy atom. The Hall–Kier alpha value is -3.92. The molecule has 1 heterocycles. The molecule has 0 bridgehead atoms. The highest BCUT2D eigenvalue weighted by atomic mass is 16.2. The predicted octanol–water partition coefficient (Wildman–Crippen LogP) is 6.79. The lowest BCUT2D eigenvalue weighted by Crippen LogP contribution is -2.28. The summed E-state index contributed by atoms with van der Waals surface area (Å²) >= 11 is 0. The number of hydrogen-bond acceptors (Lipinski definition) is 2. The third-order valence-corrected chi connectivity index (χ3v) is 5.25. The highest BCUT2D eigenvalue weighted by Gasteiger charge is 2.05. The van der Waals surface area contributed by atoms with Gasteiger partial charge in [-0.25, -0.2) is 0 Å². The molecule has 0 aliphatic carbocycles. The third-order valence-electron chi connectivity index (χ3n) is 5.25. The molecule has 0 fully saturated rings. The number of carbonyl (C=O) groups excluding carboxylic acids is 2. The summed E-state index contributed by atoms with van der Waals surface area (Å²) in [6.45, 7) is 10.9. The van der Waals surface area contributed by atoms with Crippen molar-refractivity contribution in [3.8, 4) is 0 Å². The van der Waals surface area contributed by atoms with E-state index in [0.29, 0.717) is 24.2 Å². The molecule has 0 unspecified atom stereocenters. The van der Waals surface area contributed by atoms with Crippen molar-refractivity contribution in [2.75, 3.05) is 13.1 Å². The molecule has 0 spiro atoms. The smallest absolute Gasteiger partial charge is 0.246 e. The van der Waals surface area contributed by atoms with Crippen LogP contribution in [0.5, 0.6) is 0 Å². The van der Waals surface area contributed by atoms with E-state index in [0.717, 1.165) is 5.57 Å². The van der Waals surface area contributed by atoms with Crippen LogP contribution in [0.1, 0.15) is 34.6 Å². The number of amides is 2. The molecule has 0 aromatic rings. The van der Waals surface area contributed by atoms with Crippen LogP contribution >= 0.6 is 0 Å². The molecule has 4 nitrogen and oxygen atoms in total. The first-order chi connectivity index (χ1) is 17.8. The Bertz CT molecular complexity index is 1070. The summed E-state index contributed by atoms with van der Waals surface area (Å²) in [4.78, 5) is 24.6. The SMILES string of the molecule is CC1=C/C=C\C=C/C=C\C=C/[C@H](C)CNC(=O)\C(C)=C/C=C\C=C/C=C\C=C/[C@H](C)CNC(=O)/C(C)=C\1. The van der Waals surface area contributed by atoms with Gasteiger partial charge in [-0.2, -0.15) is 0 Å². The molecule has 0 aromatic heterocycles. The van der Waals surface area contributed by atoms with Crippen LogP contribution in [0.4, 0.5) is 0 Å². The Kier molecular flexibility index (Phi) is 16.2. The molecule has 1 rings (SSSR count). The first kappa shape index (κ1) is 31.1. The summed E-state index contributed by atoms with van der Waals surface area (Å²) in [6, 6.07) is 0. The normalized spacial score (nSPS) is 32.7. The summed E-state index contributed by atoms with van der Waals surface area (Å²) in [5.41, 5.74) is 2.34. The quantitative estimate of drug-likeness (QED) is 0.386. The second-order valence-electron chi connectivity index (χ2n) is 9.04. The first-order valence-electron chi connectivity index (χ1n) is 12.7. The van der Waals surface area contributed by atoms with Gasteiger partial charge >= 0.3 is 0 Å². The van der Waals surface area contributed by atoms with E-state index >= 15 is 0 Å². The molecule has 1 aliphatic rings. The summed E-state index contributed by atoms with van der Waals surface area (Å²) in [7, 11) is 0. The molecule has 37 heavy (non-hydrogen) atoms. The first-order valence-corrected chi connectivity index (χ1v) is 12.7. The lowest BCUT2D eigenvalue weighted by atomic mass is 10.1. The summed E-state index contributed by atoms with van der Waals surface area (Å²) < 4.78 is 0. The van der Waals surface area contributed by atoms with Gasteiger partial charge in [0.25, 0.3) is 0 Å². The van der Waals surface area contributed by atoms with Crippen LogP contribution in [0.2, 0.25) is 0 Å². The maximum atomic E-state index is 12.4. The van der Waals surface area contributed by atoms with Gasteiger partial charge in [0, 0.05) is 24.2 Å². The standard InChI is InChI=1S/C33H42N2O2/c1-27-20-16-12-8-6-9-13-17-21-28(2)25-34-32(36)30(4)23-19-15-11-7-10-14-18-22-29(3)26-35-33(37)31(5)24-27/h6-24,28-29H,25-26H2,1-5H3,(H,34,36)(H,35,37)/b8-6-,11-7-,13-9-,14-10-,16-12-,19-15-,21-17-,22-18-,27-20-,30-23-,31-24-/t28-,29-/m0/s1. The van der Waals surface area contributed by atoms with Crippen LogP contribution in [-0.2, 0) is 9.59 Å². The molecule has 196 valence electrons. The van der Waals surface area contributed by atoms with Crippen LogP contribution in [0, 0.1) is 11.8 Å². The number of nitrogens with one attached hydrogen (secondary N) is 2. The predicted molar refractivity (Wildman–Crippen MR) is 159 cm³/mol. The molecule has 2 atom stereocenters. The third kappa shape index (κ3) is 16.4. The van der Waals surface area contributed by atoms with Gasteiger partial charge in [-0.1, -0.05) is 135 Å². The molecule has 4 heteroatoms. The zero-order chi connectivity index (χ0) is 27.3. The van der Waals surface area contributed by atoms with Crippen LogP contribution in [0.15, 0.2) is 132 Å². The Morgan fingerprint density at radius 1 is 0.541 bits per heavy atom. The van der Waals surface area contributed by atoms with E-state index in [1.807, 2.05) is 111 Å². The van der Waals surface area contributed by atoms with Crippen molar-refractivity contribution in [3.63, 3.8) is 0 Å². The Labute approximate surface area is 223 Å². The minimum absolute atomic E-state index is 0.0592. The molecule has 2 N–H and O–H groups in total. The Morgan fingerprint density at radius 2 is 0.919 bits per heavy atom. The number of allylic oxidation sites excluding steroid dienone is 18. The van der Waals surface area contributed by atoms with Crippen LogP contribution in [-0.4, -0.2) is 24.9 Å². The van der Waals surface area contributed by atoms with Crippen LogP contribution < -0.4 is 10.6 Å². The van der Waals surface area contributed by atoms with Crippen molar-refractivity contribution < 1.29 is 9.59 Å². The molecular formula is C33H42N2O2. The van der Waals surface area contributed by atoms with Gasteiger partial charge < -0.3 is 10.6 Å². The maximum Gasteiger partial charge on any atom is 0.246 e. The number of carbonyl (C=O) groups is 2. The van der Waals surface area contributed by atoms with Gasteiger partial charge in [-0.05, 0) is 32.6 Å². The van der Waals surface area contributed by atoms with Crippen molar-refractivity contribution in [1.29, 1.82) is 0 Å². The van der Waals surface area contributed by atoms with E-state index in [1.54, 1.807) is 13.0 Å². The lowest BCUT2D eigenvalue weighted by Gasteiger charge is -2.09. The van der Waals surface area contributed by atoms with E-state index in [2.05, 4.69) is 36.6 Å². The lowest BCUT2D eigenvalue weighted by molar-refractivity contribution is -0.118. The van der Waals surface area contributed by atoms with E-state index in [1.165, 1.54) is 0 Å². The van der Waals surface area contributed by atoms with Gasteiger partial charge in [0.15, 0.2) is 0 Å². The fourth-order valence-electron chi connectivity index (χ4n) is 3.01. The van der Waals surface area contributed by atoms with Crippen molar-refractivity contribution in [2.45, 2.75) is 34.6 Å². The summed E-state index contributed by atoms with van der Waals surface area (Å²) in [5, 5.41) is 5.95.